The lowest BCUT2D eigenvalue weighted by atomic mass is 10.1. The predicted octanol–water partition coefficient (Wildman–Crippen LogP) is 2.30. The Kier molecular flexibility index (Phi) is 3.23. The average Bonchev–Trinajstić information content (AvgIpc) is 2.38. The maximum absolute atomic E-state index is 5.58. The van der Waals surface area contributed by atoms with Gasteiger partial charge in [-0.3, -0.25) is 0 Å². The molecule has 0 amide bonds. The smallest absolute Gasteiger partial charge is 0.220 e. The number of anilines is 1. The summed E-state index contributed by atoms with van der Waals surface area (Å²) >= 11 is 0. The van der Waals surface area contributed by atoms with E-state index in [2.05, 4.69) is 23.0 Å². The van der Waals surface area contributed by atoms with Gasteiger partial charge in [0, 0.05) is 11.8 Å². The zero-order chi connectivity index (χ0) is 12.3. The number of benzene rings is 1. The van der Waals surface area contributed by atoms with Crippen molar-refractivity contribution in [2.75, 3.05) is 12.8 Å². The maximum Gasteiger partial charge on any atom is 0.220 e. The Hall–Kier alpha value is -2.10. The molecule has 2 aromatic rings. The van der Waals surface area contributed by atoms with Crippen molar-refractivity contribution in [2.45, 2.75) is 13.3 Å². The van der Waals surface area contributed by atoms with Gasteiger partial charge in [-0.1, -0.05) is 6.92 Å². The summed E-state index contributed by atoms with van der Waals surface area (Å²) in [7, 11) is 1.68. The quantitative estimate of drug-likeness (QED) is 0.877. The molecule has 0 spiro atoms. The van der Waals surface area contributed by atoms with Crippen molar-refractivity contribution >= 4 is 5.95 Å². The van der Waals surface area contributed by atoms with E-state index >= 15 is 0 Å². The van der Waals surface area contributed by atoms with Crippen LogP contribution in [-0.2, 0) is 6.42 Å². The summed E-state index contributed by atoms with van der Waals surface area (Å²) in [6.07, 6.45) is 2.57. The van der Waals surface area contributed by atoms with E-state index in [4.69, 9.17) is 10.5 Å². The molecule has 0 aliphatic carbocycles. The zero-order valence-electron chi connectivity index (χ0n) is 9.97. The largest absolute Gasteiger partial charge is 0.496 e. The second kappa shape index (κ2) is 4.82. The molecule has 0 radical (unpaired) electrons. The third-order valence-corrected chi connectivity index (χ3v) is 2.63. The summed E-state index contributed by atoms with van der Waals surface area (Å²) in [5.74, 6) is 1.19. The van der Waals surface area contributed by atoms with Crippen molar-refractivity contribution in [3.8, 4) is 17.0 Å². The fourth-order valence-electron chi connectivity index (χ4n) is 1.75. The summed E-state index contributed by atoms with van der Waals surface area (Å²) < 4.78 is 5.29. The number of nitrogen functional groups attached to an aromatic ring is 1. The van der Waals surface area contributed by atoms with Crippen LogP contribution in [0, 0.1) is 0 Å². The summed E-state index contributed by atoms with van der Waals surface area (Å²) in [6.45, 7) is 2.09. The zero-order valence-corrected chi connectivity index (χ0v) is 9.97. The number of hydrogen-bond acceptors (Lipinski definition) is 4. The van der Waals surface area contributed by atoms with Crippen LogP contribution in [0.3, 0.4) is 0 Å². The molecule has 2 rings (SSSR count). The predicted molar refractivity (Wildman–Crippen MR) is 67.8 cm³/mol. The first kappa shape index (κ1) is 11.4. The molecule has 4 nitrogen and oxygen atoms in total. The lowest BCUT2D eigenvalue weighted by Crippen LogP contribution is -1.96. The second-order valence-corrected chi connectivity index (χ2v) is 3.68. The molecular weight excluding hydrogens is 214 g/mol. The van der Waals surface area contributed by atoms with E-state index in [1.807, 2.05) is 18.2 Å². The van der Waals surface area contributed by atoms with Gasteiger partial charge >= 0.3 is 0 Å². The normalized spacial score (nSPS) is 10.2. The summed E-state index contributed by atoms with van der Waals surface area (Å²) in [6, 6.07) is 7.84. The summed E-state index contributed by atoms with van der Waals surface area (Å²) in [5, 5.41) is 0. The maximum atomic E-state index is 5.58. The average molecular weight is 229 g/mol. The van der Waals surface area contributed by atoms with Gasteiger partial charge in [0.25, 0.3) is 0 Å². The standard InChI is InChI=1S/C13H15N3O/c1-3-9-8-10(4-5-12(9)17-2)11-6-7-15-13(14)16-11/h4-8H,3H2,1-2H3,(H2,14,15,16). The molecule has 17 heavy (non-hydrogen) atoms. The van der Waals surface area contributed by atoms with E-state index in [1.54, 1.807) is 13.3 Å². The van der Waals surface area contributed by atoms with E-state index in [0.717, 1.165) is 29.0 Å². The molecule has 1 heterocycles. The third-order valence-electron chi connectivity index (χ3n) is 2.63. The number of nitrogens with zero attached hydrogens (tertiary/aromatic N) is 2. The first-order valence-electron chi connectivity index (χ1n) is 5.50. The molecule has 0 aliphatic rings. The van der Waals surface area contributed by atoms with E-state index in [1.165, 1.54) is 0 Å². The number of aryl methyl sites for hydroxylation is 1. The lowest BCUT2D eigenvalue weighted by Gasteiger charge is -2.09. The van der Waals surface area contributed by atoms with Crippen LogP contribution in [0.1, 0.15) is 12.5 Å². The van der Waals surface area contributed by atoms with Crippen LogP contribution in [0.5, 0.6) is 5.75 Å². The minimum absolute atomic E-state index is 0.288. The molecule has 0 unspecified atom stereocenters. The molecule has 0 atom stereocenters. The van der Waals surface area contributed by atoms with Gasteiger partial charge in [-0.2, -0.15) is 0 Å². The summed E-state index contributed by atoms with van der Waals surface area (Å²) in [4.78, 5) is 8.08. The number of nitrogens with two attached hydrogens (primary N) is 1. The minimum atomic E-state index is 0.288. The Labute approximate surface area is 100 Å². The van der Waals surface area contributed by atoms with Crippen LogP contribution >= 0.6 is 0 Å². The van der Waals surface area contributed by atoms with Crippen LogP contribution in [0.2, 0.25) is 0 Å². The Morgan fingerprint density at radius 3 is 2.76 bits per heavy atom. The molecule has 1 aromatic heterocycles. The van der Waals surface area contributed by atoms with Gasteiger partial charge in [0.15, 0.2) is 0 Å². The van der Waals surface area contributed by atoms with Gasteiger partial charge in [-0.05, 0) is 36.2 Å². The monoisotopic (exact) mass is 229 g/mol. The van der Waals surface area contributed by atoms with E-state index in [0.29, 0.717) is 0 Å². The van der Waals surface area contributed by atoms with Crippen LogP contribution < -0.4 is 10.5 Å². The molecule has 4 heteroatoms. The van der Waals surface area contributed by atoms with Crippen molar-refractivity contribution in [1.29, 1.82) is 0 Å². The number of aromatic nitrogens is 2. The highest BCUT2D eigenvalue weighted by atomic mass is 16.5. The lowest BCUT2D eigenvalue weighted by molar-refractivity contribution is 0.410. The number of methoxy groups -OCH3 is 1. The molecule has 88 valence electrons. The highest BCUT2D eigenvalue weighted by Gasteiger charge is 2.05. The van der Waals surface area contributed by atoms with Gasteiger partial charge in [0.05, 0.1) is 12.8 Å². The first-order chi connectivity index (χ1) is 8.24. The van der Waals surface area contributed by atoms with Crippen LogP contribution in [0.25, 0.3) is 11.3 Å². The summed E-state index contributed by atoms with van der Waals surface area (Å²) in [5.41, 5.74) is 8.58. The molecular formula is C13H15N3O. The molecule has 0 saturated heterocycles. The molecule has 1 aromatic carbocycles. The van der Waals surface area contributed by atoms with Gasteiger partial charge in [0.1, 0.15) is 5.75 Å². The fourth-order valence-corrected chi connectivity index (χ4v) is 1.75. The van der Waals surface area contributed by atoms with Crippen LogP contribution in [0.15, 0.2) is 30.5 Å². The Morgan fingerprint density at radius 1 is 1.29 bits per heavy atom. The molecule has 0 aliphatic heterocycles. The Balaban J connectivity index is 2.46. The molecule has 0 fully saturated rings. The van der Waals surface area contributed by atoms with Crippen LogP contribution in [-0.4, -0.2) is 17.1 Å². The highest BCUT2D eigenvalue weighted by molar-refractivity contribution is 5.62. The van der Waals surface area contributed by atoms with Crippen molar-refractivity contribution < 1.29 is 4.74 Å². The number of rotatable bonds is 3. The third kappa shape index (κ3) is 2.36. The van der Waals surface area contributed by atoms with Crippen molar-refractivity contribution in [1.82, 2.24) is 9.97 Å². The molecule has 2 N–H and O–H groups in total. The SMILES string of the molecule is CCc1cc(-c2ccnc(N)n2)ccc1OC. The van der Waals surface area contributed by atoms with Gasteiger partial charge in [0.2, 0.25) is 5.95 Å². The van der Waals surface area contributed by atoms with E-state index in [-0.39, 0.29) is 5.95 Å². The van der Waals surface area contributed by atoms with Crippen LogP contribution in [0.4, 0.5) is 5.95 Å². The molecule has 0 saturated carbocycles. The van der Waals surface area contributed by atoms with E-state index in [9.17, 15) is 0 Å². The first-order valence-corrected chi connectivity index (χ1v) is 5.50. The topological polar surface area (TPSA) is 61.0 Å². The van der Waals surface area contributed by atoms with Crippen molar-refractivity contribution in [2.24, 2.45) is 0 Å². The van der Waals surface area contributed by atoms with Gasteiger partial charge < -0.3 is 10.5 Å². The Bertz CT molecular complexity index is 526. The highest BCUT2D eigenvalue weighted by Crippen LogP contribution is 2.25. The number of ether oxygens (including phenoxy) is 1. The molecule has 0 bridgehead atoms. The van der Waals surface area contributed by atoms with Gasteiger partial charge in [-0.25, -0.2) is 9.97 Å². The minimum Gasteiger partial charge on any atom is -0.496 e. The number of hydrogen-bond donors (Lipinski definition) is 1. The second-order valence-electron chi connectivity index (χ2n) is 3.68. The van der Waals surface area contributed by atoms with E-state index < -0.39 is 0 Å². The van der Waals surface area contributed by atoms with Gasteiger partial charge in [-0.15, -0.1) is 0 Å². The fraction of sp³-hybridized carbons (Fsp3) is 0.231. The van der Waals surface area contributed by atoms with Crippen molar-refractivity contribution in [3.05, 3.63) is 36.0 Å². The Morgan fingerprint density at radius 2 is 2.12 bits per heavy atom. The van der Waals surface area contributed by atoms with Crippen molar-refractivity contribution in [3.63, 3.8) is 0 Å².